The molecule has 3 rings (SSSR count). The van der Waals surface area contributed by atoms with Crippen molar-refractivity contribution in [1.29, 1.82) is 0 Å². The third-order valence-electron chi connectivity index (χ3n) is 3.49. The first-order valence-electron chi connectivity index (χ1n) is 6.25. The summed E-state index contributed by atoms with van der Waals surface area (Å²) in [7, 11) is 3.03. The Hall–Kier alpha value is -1.83. The molecule has 20 heavy (non-hydrogen) atoms. The molecule has 1 aliphatic heterocycles. The normalized spacial score (nSPS) is 15.4. The number of alkyl halides is 3. The minimum atomic E-state index is -4.40. The van der Waals surface area contributed by atoms with Gasteiger partial charge in [-0.3, -0.25) is 9.36 Å². The van der Waals surface area contributed by atoms with E-state index < -0.39 is 11.9 Å². The molecule has 0 unspecified atom stereocenters. The maximum atomic E-state index is 12.9. The third kappa shape index (κ3) is 2.00. The van der Waals surface area contributed by atoms with Gasteiger partial charge < -0.3 is 5.32 Å². The van der Waals surface area contributed by atoms with Gasteiger partial charge in [-0.15, -0.1) is 0 Å². The fourth-order valence-electron chi connectivity index (χ4n) is 2.62. The van der Waals surface area contributed by atoms with Gasteiger partial charge in [0.2, 0.25) is 0 Å². The smallest absolute Gasteiger partial charge is 0.311 e. The summed E-state index contributed by atoms with van der Waals surface area (Å²) in [6, 6.07) is 1.08. The van der Waals surface area contributed by atoms with E-state index in [1.54, 1.807) is 11.7 Å². The van der Waals surface area contributed by atoms with Crippen molar-refractivity contribution in [3.63, 3.8) is 0 Å². The Morgan fingerprint density at radius 3 is 2.60 bits per heavy atom. The summed E-state index contributed by atoms with van der Waals surface area (Å²) in [6.45, 7) is 1.44. The van der Waals surface area contributed by atoms with E-state index in [0.29, 0.717) is 17.9 Å². The van der Waals surface area contributed by atoms with Crippen LogP contribution in [-0.2, 0) is 33.2 Å². The number of nitrogens with zero attached hydrogens (tertiary/aromatic N) is 4. The van der Waals surface area contributed by atoms with E-state index in [2.05, 4.69) is 15.5 Å². The summed E-state index contributed by atoms with van der Waals surface area (Å²) >= 11 is 0. The fraction of sp³-hybridized carbons (Fsp3) is 0.500. The second kappa shape index (κ2) is 4.34. The SMILES string of the molecule is Cn1nc(-c2c3c(nn2C)CNCC3)cc1C(F)(F)F. The predicted octanol–water partition coefficient (Wildman–Crippen LogP) is 1.49. The van der Waals surface area contributed by atoms with Gasteiger partial charge in [0.1, 0.15) is 11.4 Å². The van der Waals surface area contributed by atoms with E-state index in [-0.39, 0.29) is 0 Å². The third-order valence-corrected chi connectivity index (χ3v) is 3.49. The van der Waals surface area contributed by atoms with Crippen LogP contribution in [0.1, 0.15) is 17.0 Å². The van der Waals surface area contributed by atoms with Crippen LogP contribution < -0.4 is 5.32 Å². The molecule has 0 spiro atoms. The molecule has 2 aromatic heterocycles. The van der Waals surface area contributed by atoms with E-state index in [4.69, 9.17) is 0 Å². The molecule has 0 saturated carbocycles. The van der Waals surface area contributed by atoms with Crippen LogP contribution in [0, 0.1) is 0 Å². The van der Waals surface area contributed by atoms with Gasteiger partial charge in [-0.2, -0.15) is 23.4 Å². The highest BCUT2D eigenvalue weighted by Crippen LogP contribution is 2.33. The van der Waals surface area contributed by atoms with Gasteiger partial charge in [0.05, 0.1) is 11.4 Å². The molecule has 1 aliphatic rings. The van der Waals surface area contributed by atoms with E-state index in [1.807, 2.05) is 0 Å². The summed E-state index contributed by atoms with van der Waals surface area (Å²) in [6.07, 6.45) is -3.66. The highest BCUT2D eigenvalue weighted by molar-refractivity contribution is 5.62. The lowest BCUT2D eigenvalue weighted by Crippen LogP contribution is -2.23. The zero-order valence-corrected chi connectivity index (χ0v) is 11.1. The maximum absolute atomic E-state index is 12.9. The van der Waals surface area contributed by atoms with Gasteiger partial charge in [-0.25, -0.2) is 0 Å². The monoisotopic (exact) mass is 285 g/mol. The number of nitrogens with one attached hydrogen (secondary N) is 1. The zero-order valence-electron chi connectivity index (χ0n) is 11.1. The number of aromatic nitrogens is 4. The Bertz CT molecular complexity index is 653. The van der Waals surface area contributed by atoms with Crippen molar-refractivity contribution in [3.8, 4) is 11.4 Å². The number of aryl methyl sites for hydroxylation is 2. The van der Waals surface area contributed by atoms with Crippen LogP contribution in [0.25, 0.3) is 11.4 Å². The highest BCUT2D eigenvalue weighted by atomic mass is 19.4. The Kier molecular flexibility index (Phi) is 2.86. The van der Waals surface area contributed by atoms with Gasteiger partial charge in [0.15, 0.2) is 0 Å². The predicted molar refractivity (Wildman–Crippen MR) is 65.8 cm³/mol. The molecule has 3 heterocycles. The van der Waals surface area contributed by atoms with Crippen LogP contribution in [0.4, 0.5) is 13.2 Å². The molecule has 0 radical (unpaired) electrons. The molecule has 108 valence electrons. The average molecular weight is 285 g/mol. The molecule has 5 nitrogen and oxygen atoms in total. The van der Waals surface area contributed by atoms with Crippen LogP contribution in [0.15, 0.2) is 6.07 Å². The summed E-state index contributed by atoms with van der Waals surface area (Å²) in [5.41, 5.74) is 2.10. The first-order chi connectivity index (χ1) is 9.38. The van der Waals surface area contributed by atoms with Gasteiger partial charge in [-0.1, -0.05) is 0 Å². The highest BCUT2D eigenvalue weighted by Gasteiger charge is 2.36. The molecule has 0 atom stereocenters. The minimum Gasteiger partial charge on any atom is -0.311 e. The number of hydrogen-bond acceptors (Lipinski definition) is 3. The zero-order chi connectivity index (χ0) is 14.5. The summed E-state index contributed by atoms with van der Waals surface area (Å²) < 4.78 is 41.0. The quantitative estimate of drug-likeness (QED) is 0.863. The summed E-state index contributed by atoms with van der Waals surface area (Å²) in [5, 5.41) is 11.5. The van der Waals surface area contributed by atoms with Crippen molar-refractivity contribution in [1.82, 2.24) is 24.9 Å². The van der Waals surface area contributed by atoms with E-state index >= 15 is 0 Å². The number of hydrogen-bond donors (Lipinski definition) is 1. The first-order valence-corrected chi connectivity index (χ1v) is 6.25. The maximum Gasteiger partial charge on any atom is 0.433 e. The number of halogens is 3. The number of fused-ring (bicyclic) bond motifs is 1. The van der Waals surface area contributed by atoms with Crippen molar-refractivity contribution in [3.05, 3.63) is 23.0 Å². The lowest BCUT2D eigenvalue weighted by atomic mass is 10.0. The van der Waals surface area contributed by atoms with Crippen molar-refractivity contribution in [2.24, 2.45) is 14.1 Å². The van der Waals surface area contributed by atoms with Crippen LogP contribution in [0.5, 0.6) is 0 Å². The topological polar surface area (TPSA) is 47.7 Å². The van der Waals surface area contributed by atoms with Crippen LogP contribution >= 0.6 is 0 Å². The number of rotatable bonds is 1. The Morgan fingerprint density at radius 2 is 1.95 bits per heavy atom. The molecule has 0 aromatic carbocycles. The van der Waals surface area contributed by atoms with Crippen LogP contribution in [-0.4, -0.2) is 26.1 Å². The fourth-order valence-corrected chi connectivity index (χ4v) is 2.62. The second-order valence-corrected chi connectivity index (χ2v) is 4.86. The van der Waals surface area contributed by atoms with Crippen molar-refractivity contribution >= 4 is 0 Å². The summed E-state index contributed by atoms with van der Waals surface area (Å²) in [4.78, 5) is 0. The van der Waals surface area contributed by atoms with Crippen molar-refractivity contribution in [2.45, 2.75) is 19.1 Å². The molecule has 2 aromatic rings. The first kappa shape index (κ1) is 13.2. The molecular formula is C12H14F3N5. The van der Waals surface area contributed by atoms with Crippen molar-refractivity contribution in [2.75, 3.05) is 6.54 Å². The van der Waals surface area contributed by atoms with Crippen molar-refractivity contribution < 1.29 is 13.2 Å². The summed E-state index contributed by atoms with van der Waals surface area (Å²) in [5.74, 6) is 0. The molecule has 0 fully saturated rings. The Morgan fingerprint density at radius 1 is 1.20 bits per heavy atom. The van der Waals surface area contributed by atoms with E-state index in [1.165, 1.54) is 7.05 Å². The van der Waals surface area contributed by atoms with E-state index in [0.717, 1.165) is 35.0 Å². The van der Waals surface area contributed by atoms with Crippen LogP contribution in [0.3, 0.4) is 0 Å². The standard InChI is InChI=1S/C12H14F3N5/c1-19-10(12(13,14)15)5-8(17-19)11-7-3-4-16-6-9(7)18-20(11)2/h5,16H,3-4,6H2,1-2H3. The Labute approximate surface area is 113 Å². The van der Waals surface area contributed by atoms with Gasteiger partial charge >= 0.3 is 6.18 Å². The average Bonchev–Trinajstić information content (AvgIpc) is 2.87. The lowest BCUT2D eigenvalue weighted by Gasteiger charge is -2.11. The second-order valence-electron chi connectivity index (χ2n) is 4.86. The molecule has 0 bridgehead atoms. The molecule has 8 heteroatoms. The molecule has 0 saturated heterocycles. The van der Waals surface area contributed by atoms with Gasteiger partial charge in [-0.05, 0) is 19.0 Å². The molecule has 0 amide bonds. The van der Waals surface area contributed by atoms with Gasteiger partial charge in [0.25, 0.3) is 0 Å². The van der Waals surface area contributed by atoms with Crippen LogP contribution in [0.2, 0.25) is 0 Å². The van der Waals surface area contributed by atoms with Gasteiger partial charge in [0, 0.05) is 26.2 Å². The molecule has 0 aliphatic carbocycles. The van der Waals surface area contributed by atoms with E-state index in [9.17, 15) is 13.2 Å². The molecular weight excluding hydrogens is 271 g/mol. The lowest BCUT2D eigenvalue weighted by molar-refractivity contribution is -0.143. The minimum absolute atomic E-state index is 0.318. The Balaban J connectivity index is 2.13. The molecule has 1 N–H and O–H groups in total. The largest absolute Gasteiger partial charge is 0.433 e.